The van der Waals surface area contributed by atoms with Crippen molar-refractivity contribution in [3.8, 4) is 0 Å². The van der Waals surface area contributed by atoms with Crippen molar-refractivity contribution in [3.05, 3.63) is 35.4 Å². The van der Waals surface area contributed by atoms with Crippen LogP contribution in [0.5, 0.6) is 0 Å². The average molecular weight is 261 g/mol. The van der Waals surface area contributed by atoms with E-state index in [1.54, 1.807) is 0 Å². The van der Waals surface area contributed by atoms with Crippen LogP contribution >= 0.6 is 0 Å². The first-order valence-corrected chi connectivity index (χ1v) is 7.63. The van der Waals surface area contributed by atoms with Crippen LogP contribution in [0.1, 0.15) is 56.8 Å². The van der Waals surface area contributed by atoms with Gasteiger partial charge >= 0.3 is 0 Å². The van der Waals surface area contributed by atoms with Gasteiger partial charge in [-0.15, -0.1) is 0 Å². The van der Waals surface area contributed by atoms with Gasteiger partial charge in [0.05, 0.1) is 11.6 Å². The molecular weight excluding hydrogens is 234 g/mol. The third-order valence-electron chi connectivity index (χ3n) is 4.73. The maximum atomic E-state index is 11.0. The van der Waals surface area contributed by atoms with E-state index in [9.17, 15) is 5.11 Å². The lowest BCUT2D eigenvalue weighted by molar-refractivity contribution is -0.0269. The van der Waals surface area contributed by atoms with Crippen molar-refractivity contribution >= 4 is 0 Å². The van der Waals surface area contributed by atoms with Crippen LogP contribution in [-0.4, -0.2) is 28.6 Å². The molecule has 0 saturated heterocycles. The number of likely N-dealkylation sites (N-methyl/N-ethyl adjacent to an activating group) is 1. The Kier molecular flexibility index (Phi) is 4.64. The Labute approximate surface area is 117 Å². The number of benzene rings is 1. The SMILES string of the molecule is CCN(CC)C1(C(O)c2cccc(C)c2)CCCC1. The van der Waals surface area contributed by atoms with Gasteiger partial charge in [0.25, 0.3) is 0 Å². The van der Waals surface area contributed by atoms with Gasteiger partial charge in [-0.1, -0.05) is 56.5 Å². The van der Waals surface area contributed by atoms with Crippen molar-refractivity contribution in [1.29, 1.82) is 0 Å². The minimum atomic E-state index is -0.366. The summed E-state index contributed by atoms with van der Waals surface area (Å²) in [5, 5.41) is 11.0. The Hall–Kier alpha value is -0.860. The number of aliphatic hydroxyl groups excluding tert-OH is 1. The fourth-order valence-corrected chi connectivity index (χ4v) is 3.75. The van der Waals surface area contributed by atoms with Crippen LogP contribution in [0.25, 0.3) is 0 Å². The van der Waals surface area contributed by atoms with Crippen molar-refractivity contribution < 1.29 is 5.11 Å². The molecule has 1 saturated carbocycles. The number of nitrogens with zero attached hydrogens (tertiary/aromatic N) is 1. The van der Waals surface area contributed by atoms with Gasteiger partial charge in [-0.25, -0.2) is 0 Å². The molecule has 1 unspecified atom stereocenters. The number of hydrogen-bond acceptors (Lipinski definition) is 2. The van der Waals surface area contributed by atoms with Crippen molar-refractivity contribution in [2.45, 2.75) is 58.1 Å². The summed E-state index contributed by atoms with van der Waals surface area (Å²) in [5.41, 5.74) is 2.26. The normalized spacial score (nSPS) is 19.8. The highest BCUT2D eigenvalue weighted by molar-refractivity contribution is 5.27. The first-order chi connectivity index (χ1) is 9.14. The van der Waals surface area contributed by atoms with E-state index in [1.165, 1.54) is 18.4 Å². The number of aryl methyl sites for hydroxylation is 1. The maximum Gasteiger partial charge on any atom is 0.0973 e. The smallest absolute Gasteiger partial charge is 0.0973 e. The standard InChI is InChI=1S/C17H27NO/c1-4-18(5-2)17(11-6-7-12-17)16(19)15-10-8-9-14(3)13-15/h8-10,13,16,19H,4-7,11-12H2,1-3H3. The van der Waals surface area contributed by atoms with E-state index in [2.05, 4.69) is 49.9 Å². The van der Waals surface area contributed by atoms with Gasteiger partial charge in [0.1, 0.15) is 0 Å². The summed E-state index contributed by atoms with van der Waals surface area (Å²) < 4.78 is 0. The Morgan fingerprint density at radius 1 is 1.21 bits per heavy atom. The Morgan fingerprint density at radius 2 is 1.84 bits per heavy atom. The molecule has 0 aromatic heterocycles. The van der Waals surface area contributed by atoms with Gasteiger partial charge in [0.15, 0.2) is 0 Å². The molecule has 0 bridgehead atoms. The van der Waals surface area contributed by atoms with Gasteiger partial charge in [-0.3, -0.25) is 4.90 Å². The van der Waals surface area contributed by atoms with E-state index in [0.717, 1.165) is 31.5 Å². The summed E-state index contributed by atoms with van der Waals surface area (Å²) in [5.74, 6) is 0. The van der Waals surface area contributed by atoms with Gasteiger partial charge in [-0.05, 0) is 38.4 Å². The largest absolute Gasteiger partial charge is 0.386 e. The Bertz CT molecular complexity index is 405. The molecule has 1 aliphatic carbocycles. The zero-order valence-corrected chi connectivity index (χ0v) is 12.5. The van der Waals surface area contributed by atoms with Gasteiger partial charge in [-0.2, -0.15) is 0 Å². The zero-order valence-electron chi connectivity index (χ0n) is 12.5. The zero-order chi connectivity index (χ0) is 13.9. The van der Waals surface area contributed by atoms with Crippen molar-refractivity contribution in [1.82, 2.24) is 4.90 Å². The molecule has 0 radical (unpaired) electrons. The number of aliphatic hydroxyl groups is 1. The highest BCUT2D eigenvalue weighted by Crippen LogP contribution is 2.44. The Morgan fingerprint density at radius 3 is 2.37 bits per heavy atom. The van der Waals surface area contributed by atoms with Crippen LogP contribution in [0.15, 0.2) is 24.3 Å². The minimum Gasteiger partial charge on any atom is -0.386 e. The summed E-state index contributed by atoms with van der Waals surface area (Å²) in [7, 11) is 0. The topological polar surface area (TPSA) is 23.5 Å². The monoisotopic (exact) mass is 261 g/mol. The lowest BCUT2D eigenvalue weighted by Crippen LogP contribution is -2.51. The van der Waals surface area contributed by atoms with Gasteiger partial charge in [0, 0.05) is 0 Å². The molecule has 1 aromatic rings. The molecule has 1 atom stereocenters. The summed E-state index contributed by atoms with van der Waals surface area (Å²) >= 11 is 0. The summed E-state index contributed by atoms with van der Waals surface area (Å²) in [6, 6.07) is 8.35. The van der Waals surface area contributed by atoms with Crippen molar-refractivity contribution in [3.63, 3.8) is 0 Å². The van der Waals surface area contributed by atoms with Crippen LogP contribution in [0, 0.1) is 6.92 Å². The predicted octanol–water partition coefficient (Wildman–Crippen LogP) is 3.68. The predicted molar refractivity (Wildman–Crippen MR) is 80.3 cm³/mol. The molecule has 1 aromatic carbocycles. The first-order valence-electron chi connectivity index (χ1n) is 7.63. The molecular formula is C17H27NO. The van der Waals surface area contributed by atoms with E-state index in [1.807, 2.05) is 0 Å². The molecule has 2 nitrogen and oxygen atoms in total. The number of hydrogen-bond donors (Lipinski definition) is 1. The van der Waals surface area contributed by atoms with E-state index in [4.69, 9.17) is 0 Å². The number of rotatable bonds is 5. The molecule has 2 heteroatoms. The maximum absolute atomic E-state index is 11.0. The second kappa shape index (κ2) is 6.06. The molecule has 0 spiro atoms. The van der Waals surface area contributed by atoms with Crippen LogP contribution in [0.4, 0.5) is 0 Å². The van der Waals surface area contributed by atoms with Gasteiger partial charge in [0.2, 0.25) is 0 Å². The molecule has 0 aliphatic heterocycles. The quantitative estimate of drug-likeness (QED) is 0.874. The van der Waals surface area contributed by atoms with E-state index in [0.29, 0.717) is 0 Å². The van der Waals surface area contributed by atoms with Crippen molar-refractivity contribution in [2.24, 2.45) is 0 Å². The lowest BCUT2D eigenvalue weighted by Gasteiger charge is -2.44. The lowest BCUT2D eigenvalue weighted by atomic mass is 9.83. The van der Waals surface area contributed by atoms with E-state index < -0.39 is 0 Å². The third-order valence-corrected chi connectivity index (χ3v) is 4.73. The summed E-state index contributed by atoms with van der Waals surface area (Å²) in [6.07, 6.45) is 4.33. The minimum absolute atomic E-state index is 0.0444. The fourth-order valence-electron chi connectivity index (χ4n) is 3.75. The molecule has 0 amide bonds. The second-order valence-corrected chi connectivity index (χ2v) is 5.80. The van der Waals surface area contributed by atoms with Crippen LogP contribution in [-0.2, 0) is 0 Å². The Balaban J connectivity index is 2.33. The highest BCUT2D eigenvalue weighted by Gasteiger charge is 2.44. The molecule has 19 heavy (non-hydrogen) atoms. The highest BCUT2D eigenvalue weighted by atomic mass is 16.3. The average Bonchev–Trinajstić information content (AvgIpc) is 2.90. The van der Waals surface area contributed by atoms with Crippen LogP contribution in [0.3, 0.4) is 0 Å². The van der Waals surface area contributed by atoms with Gasteiger partial charge < -0.3 is 5.11 Å². The molecule has 106 valence electrons. The van der Waals surface area contributed by atoms with Crippen LogP contribution in [0.2, 0.25) is 0 Å². The molecule has 2 rings (SSSR count). The fraction of sp³-hybridized carbons (Fsp3) is 0.647. The summed E-state index contributed by atoms with van der Waals surface area (Å²) in [6.45, 7) is 8.52. The molecule has 0 heterocycles. The van der Waals surface area contributed by atoms with E-state index >= 15 is 0 Å². The second-order valence-electron chi connectivity index (χ2n) is 5.80. The summed E-state index contributed by atoms with van der Waals surface area (Å²) in [4.78, 5) is 2.47. The van der Waals surface area contributed by atoms with Crippen LogP contribution < -0.4 is 0 Å². The molecule has 1 aliphatic rings. The first kappa shape index (κ1) is 14.5. The van der Waals surface area contributed by atoms with Crippen molar-refractivity contribution in [2.75, 3.05) is 13.1 Å². The molecule has 1 fully saturated rings. The third kappa shape index (κ3) is 2.70. The van der Waals surface area contributed by atoms with E-state index in [-0.39, 0.29) is 11.6 Å². The molecule has 1 N–H and O–H groups in total.